The predicted octanol–water partition coefficient (Wildman–Crippen LogP) is 4.60. The largest absolute Gasteiger partial charge is 0.497 e. The van der Waals surface area contributed by atoms with E-state index in [2.05, 4.69) is 22.6 Å². The number of carbonyl (C=O) groups excluding carboxylic acids is 1. The fourth-order valence-electron chi connectivity index (χ4n) is 2.65. The molecular weight excluding hydrogens is 537 g/mol. The molecule has 6 nitrogen and oxygen atoms in total. The maximum Gasteiger partial charge on any atom is 0.265 e. The highest BCUT2D eigenvalue weighted by atomic mass is 127. The molecule has 1 heterocycles. The summed E-state index contributed by atoms with van der Waals surface area (Å²) in [5.41, 5.74) is 0.838. The maximum absolute atomic E-state index is 12.2. The summed E-state index contributed by atoms with van der Waals surface area (Å²) in [5.74, 6) is 2.56. The van der Waals surface area contributed by atoms with E-state index in [1.165, 1.54) is 16.7 Å². The van der Waals surface area contributed by atoms with Crippen LogP contribution in [0.5, 0.6) is 23.0 Å². The number of rotatable bonds is 8. The van der Waals surface area contributed by atoms with Crippen LogP contribution in [0.2, 0.25) is 0 Å². The number of thiocarbonyl (C=S) groups is 1. The summed E-state index contributed by atoms with van der Waals surface area (Å²) in [6.45, 7) is 0.713. The second-order valence-electron chi connectivity index (χ2n) is 6.15. The van der Waals surface area contributed by atoms with Crippen LogP contribution in [0.1, 0.15) is 5.56 Å². The van der Waals surface area contributed by atoms with Crippen molar-refractivity contribution in [2.75, 3.05) is 34.5 Å². The van der Waals surface area contributed by atoms with Crippen molar-refractivity contribution < 1.29 is 23.7 Å². The number of hydrogen-bond acceptors (Lipinski definition) is 7. The molecule has 9 heteroatoms. The van der Waals surface area contributed by atoms with Crippen LogP contribution in [0.3, 0.4) is 0 Å². The zero-order valence-electron chi connectivity index (χ0n) is 16.6. The Bertz CT molecular complexity index is 995. The van der Waals surface area contributed by atoms with E-state index in [-0.39, 0.29) is 5.91 Å². The number of hydrogen-bond donors (Lipinski definition) is 0. The van der Waals surface area contributed by atoms with Crippen molar-refractivity contribution in [2.24, 2.45) is 0 Å². The normalized spacial score (nSPS) is 14.9. The summed E-state index contributed by atoms with van der Waals surface area (Å²) in [4.78, 5) is 14.3. The minimum atomic E-state index is -0.103. The molecule has 0 aromatic heterocycles. The molecule has 30 heavy (non-hydrogen) atoms. The first kappa shape index (κ1) is 22.7. The van der Waals surface area contributed by atoms with Gasteiger partial charge in [-0.3, -0.25) is 9.69 Å². The Kier molecular flexibility index (Phi) is 7.84. The van der Waals surface area contributed by atoms with Gasteiger partial charge in [0.25, 0.3) is 5.91 Å². The van der Waals surface area contributed by atoms with Gasteiger partial charge in [0.15, 0.2) is 11.5 Å². The number of ether oxygens (including phenoxy) is 4. The second-order valence-corrected chi connectivity index (χ2v) is 8.99. The lowest BCUT2D eigenvalue weighted by Crippen LogP contribution is -2.22. The van der Waals surface area contributed by atoms with E-state index in [9.17, 15) is 4.79 Å². The molecule has 0 saturated carbocycles. The van der Waals surface area contributed by atoms with E-state index in [1.54, 1.807) is 21.3 Å². The molecule has 3 rings (SSSR count). The van der Waals surface area contributed by atoms with E-state index in [0.29, 0.717) is 39.7 Å². The Morgan fingerprint density at radius 2 is 1.83 bits per heavy atom. The quantitative estimate of drug-likeness (QED) is 0.204. The summed E-state index contributed by atoms with van der Waals surface area (Å²) < 4.78 is 23.7. The zero-order chi connectivity index (χ0) is 21.7. The van der Waals surface area contributed by atoms with Crippen LogP contribution in [-0.2, 0) is 4.79 Å². The standard InChI is InChI=1S/C21H20INO5S2/c1-23-20(24)18(30-21(23)29)11-13-9-16(22)19(17(10-13)26-3)28-8-7-27-15-6-4-5-14(12-15)25-2/h4-6,9-12H,7-8H2,1-3H3/b18-11+. The van der Waals surface area contributed by atoms with E-state index in [1.807, 2.05) is 42.5 Å². The van der Waals surface area contributed by atoms with Gasteiger partial charge in [0.2, 0.25) is 0 Å². The molecule has 158 valence electrons. The highest BCUT2D eigenvalue weighted by Gasteiger charge is 2.28. The SMILES string of the molecule is COc1cccc(OCCOc2c(I)cc(/C=C3/SC(=S)N(C)C3=O)cc2OC)c1. The van der Waals surface area contributed by atoms with Crippen LogP contribution in [0.15, 0.2) is 41.3 Å². The molecule has 2 aromatic rings. The number of methoxy groups -OCH3 is 2. The third kappa shape index (κ3) is 5.38. The summed E-state index contributed by atoms with van der Waals surface area (Å²) in [5, 5.41) is 0. The van der Waals surface area contributed by atoms with Crippen molar-refractivity contribution in [2.45, 2.75) is 0 Å². The lowest BCUT2D eigenvalue weighted by molar-refractivity contribution is -0.121. The van der Waals surface area contributed by atoms with Gasteiger partial charge in [-0.25, -0.2) is 0 Å². The minimum absolute atomic E-state index is 0.103. The van der Waals surface area contributed by atoms with Crippen LogP contribution in [0.4, 0.5) is 0 Å². The van der Waals surface area contributed by atoms with Crippen molar-refractivity contribution in [1.29, 1.82) is 0 Å². The van der Waals surface area contributed by atoms with Gasteiger partial charge in [0.1, 0.15) is 29.0 Å². The Labute approximate surface area is 198 Å². The van der Waals surface area contributed by atoms with Crippen molar-refractivity contribution in [3.63, 3.8) is 0 Å². The molecule has 0 atom stereocenters. The molecular formula is C21H20INO5S2. The van der Waals surface area contributed by atoms with E-state index in [4.69, 9.17) is 31.2 Å². The zero-order valence-corrected chi connectivity index (χ0v) is 20.4. The van der Waals surface area contributed by atoms with Gasteiger partial charge in [-0.15, -0.1) is 0 Å². The third-order valence-electron chi connectivity index (χ3n) is 4.18. The van der Waals surface area contributed by atoms with Gasteiger partial charge >= 0.3 is 0 Å². The first-order valence-electron chi connectivity index (χ1n) is 8.91. The van der Waals surface area contributed by atoms with Crippen LogP contribution in [0.25, 0.3) is 6.08 Å². The highest BCUT2D eigenvalue weighted by Crippen LogP contribution is 2.37. The number of carbonyl (C=O) groups is 1. The number of thioether (sulfide) groups is 1. The van der Waals surface area contributed by atoms with Gasteiger partial charge in [0, 0.05) is 13.1 Å². The lowest BCUT2D eigenvalue weighted by Gasteiger charge is -2.14. The summed E-state index contributed by atoms with van der Waals surface area (Å²) in [6.07, 6.45) is 1.81. The van der Waals surface area contributed by atoms with Crippen LogP contribution >= 0.6 is 46.6 Å². The molecule has 0 N–H and O–H groups in total. The van der Waals surface area contributed by atoms with Gasteiger partial charge in [-0.2, -0.15) is 0 Å². The molecule has 0 bridgehead atoms. The van der Waals surface area contributed by atoms with Crippen molar-refractivity contribution in [3.8, 4) is 23.0 Å². The van der Waals surface area contributed by atoms with E-state index >= 15 is 0 Å². The molecule has 0 unspecified atom stereocenters. The Balaban J connectivity index is 1.67. The average Bonchev–Trinajstić information content (AvgIpc) is 2.98. The van der Waals surface area contributed by atoms with Crippen molar-refractivity contribution in [1.82, 2.24) is 4.90 Å². The molecule has 1 aliphatic heterocycles. The molecule has 0 spiro atoms. The monoisotopic (exact) mass is 557 g/mol. The molecule has 1 fully saturated rings. The molecule has 1 amide bonds. The number of nitrogens with zero attached hydrogens (tertiary/aromatic N) is 1. The van der Waals surface area contributed by atoms with Crippen molar-refractivity contribution in [3.05, 3.63) is 50.4 Å². The lowest BCUT2D eigenvalue weighted by atomic mass is 10.2. The van der Waals surface area contributed by atoms with E-state index < -0.39 is 0 Å². The molecule has 0 aliphatic carbocycles. The molecule has 1 aliphatic rings. The summed E-state index contributed by atoms with van der Waals surface area (Å²) in [6, 6.07) is 11.2. The van der Waals surface area contributed by atoms with Gasteiger partial charge in [-0.05, 0) is 58.5 Å². The fourth-order valence-corrected chi connectivity index (χ4v) is 4.61. The van der Waals surface area contributed by atoms with Gasteiger partial charge in [-0.1, -0.05) is 30.0 Å². The Hall–Kier alpha value is -1.98. The molecule has 1 saturated heterocycles. The summed E-state index contributed by atoms with van der Waals surface area (Å²) >= 11 is 8.65. The van der Waals surface area contributed by atoms with Crippen LogP contribution in [-0.4, -0.2) is 49.6 Å². The highest BCUT2D eigenvalue weighted by molar-refractivity contribution is 14.1. The van der Waals surface area contributed by atoms with Crippen LogP contribution in [0, 0.1) is 3.57 Å². The smallest absolute Gasteiger partial charge is 0.265 e. The predicted molar refractivity (Wildman–Crippen MR) is 131 cm³/mol. The number of likely N-dealkylation sites (N-methyl/N-ethyl adjacent to an activating group) is 1. The van der Waals surface area contributed by atoms with Gasteiger partial charge in [0.05, 0.1) is 22.7 Å². The minimum Gasteiger partial charge on any atom is -0.497 e. The molecule has 2 aromatic carbocycles. The maximum atomic E-state index is 12.2. The van der Waals surface area contributed by atoms with Gasteiger partial charge < -0.3 is 18.9 Å². The first-order valence-corrected chi connectivity index (χ1v) is 11.2. The number of amides is 1. The van der Waals surface area contributed by atoms with E-state index in [0.717, 1.165) is 14.9 Å². The number of benzene rings is 2. The second kappa shape index (κ2) is 10.4. The fraction of sp³-hybridized carbons (Fsp3) is 0.238. The Morgan fingerprint density at radius 1 is 1.10 bits per heavy atom. The Morgan fingerprint density at radius 3 is 2.50 bits per heavy atom. The molecule has 0 radical (unpaired) electrons. The first-order chi connectivity index (χ1) is 14.4. The number of halogens is 1. The van der Waals surface area contributed by atoms with Crippen LogP contribution < -0.4 is 18.9 Å². The average molecular weight is 557 g/mol. The topological polar surface area (TPSA) is 57.2 Å². The third-order valence-corrected chi connectivity index (χ3v) is 6.46. The summed E-state index contributed by atoms with van der Waals surface area (Å²) in [7, 11) is 4.87. The van der Waals surface area contributed by atoms with Crippen molar-refractivity contribution >= 4 is 62.9 Å².